The van der Waals surface area contributed by atoms with Gasteiger partial charge in [0.25, 0.3) is 5.91 Å². The molecule has 1 saturated heterocycles. The molecule has 2 aliphatic rings. The average Bonchev–Trinajstić information content (AvgIpc) is 3.27. The van der Waals surface area contributed by atoms with Gasteiger partial charge in [-0.25, -0.2) is 4.79 Å². The molecule has 37 heavy (non-hydrogen) atoms. The highest BCUT2D eigenvalue weighted by molar-refractivity contribution is 5.91. The van der Waals surface area contributed by atoms with E-state index in [-0.39, 0.29) is 30.2 Å². The fourth-order valence-corrected chi connectivity index (χ4v) is 5.25. The molecular formula is C29H35N3O5. The number of aliphatic hydroxyl groups is 1. The summed E-state index contributed by atoms with van der Waals surface area (Å²) in [5.74, 6) is 0.766. The number of carbonyl (C=O) groups excluding carboxylic acids is 1. The number of likely N-dealkylation sites (tertiary alicyclic amines) is 1. The number of para-hydroxylation sites is 2. The van der Waals surface area contributed by atoms with Crippen LogP contribution in [0.1, 0.15) is 50.3 Å². The summed E-state index contributed by atoms with van der Waals surface area (Å²) in [5.41, 5.74) is 3.48. The van der Waals surface area contributed by atoms with Crippen LogP contribution < -0.4 is 5.69 Å². The molecule has 1 fully saturated rings. The number of piperidine rings is 1. The molecule has 2 atom stereocenters. The van der Waals surface area contributed by atoms with Gasteiger partial charge < -0.3 is 24.5 Å². The molecule has 2 aliphatic heterocycles. The lowest BCUT2D eigenvalue weighted by atomic mass is 9.90. The summed E-state index contributed by atoms with van der Waals surface area (Å²) in [5, 5.41) is 9.24. The summed E-state index contributed by atoms with van der Waals surface area (Å²) in [6.07, 6.45) is 3.56. The van der Waals surface area contributed by atoms with E-state index in [0.29, 0.717) is 50.6 Å². The molecule has 3 aromatic rings. The molecule has 3 heterocycles. The molecule has 8 heteroatoms. The average molecular weight is 506 g/mol. The van der Waals surface area contributed by atoms with E-state index in [9.17, 15) is 14.7 Å². The van der Waals surface area contributed by atoms with Crippen LogP contribution in [-0.4, -0.2) is 44.8 Å². The largest absolute Gasteiger partial charge is 0.459 e. The van der Waals surface area contributed by atoms with Crippen molar-refractivity contribution in [3.05, 3.63) is 82.0 Å². The number of aliphatic hydroxyl groups excluding tert-OH is 1. The molecule has 5 rings (SSSR count). The second-order valence-corrected chi connectivity index (χ2v) is 10.3. The third-order valence-electron chi connectivity index (χ3n) is 7.54. The second kappa shape index (κ2) is 10.9. The molecule has 0 saturated carbocycles. The molecule has 2 N–H and O–H groups in total. The highest BCUT2D eigenvalue weighted by atomic mass is 16.7. The van der Waals surface area contributed by atoms with Gasteiger partial charge in [-0.1, -0.05) is 50.2 Å². The predicted octanol–water partition coefficient (Wildman–Crippen LogP) is 4.10. The first-order chi connectivity index (χ1) is 17.9. The Bertz CT molecular complexity index is 1320. The van der Waals surface area contributed by atoms with Crippen LogP contribution >= 0.6 is 0 Å². The quantitative estimate of drug-likeness (QED) is 0.504. The Morgan fingerprint density at radius 1 is 1.11 bits per heavy atom. The summed E-state index contributed by atoms with van der Waals surface area (Å²) in [4.78, 5) is 30.8. The number of ether oxygens (including phenoxy) is 2. The van der Waals surface area contributed by atoms with Crippen molar-refractivity contribution in [1.29, 1.82) is 0 Å². The summed E-state index contributed by atoms with van der Waals surface area (Å²) >= 11 is 0. The van der Waals surface area contributed by atoms with Crippen molar-refractivity contribution in [1.82, 2.24) is 14.5 Å². The van der Waals surface area contributed by atoms with Gasteiger partial charge in [-0.3, -0.25) is 9.36 Å². The number of imidazole rings is 1. The Kier molecular flexibility index (Phi) is 7.48. The Hall–Kier alpha value is -3.36. The zero-order valence-electron chi connectivity index (χ0n) is 21.4. The van der Waals surface area contributed by atoms with Gasteiger partial charge in [-0.15, -0.1) is 0 Å². The number of rotatable bonds is 7. The summed E-state index contributed by atoms with van der Waals surface area (Å²) in [6.45, 7) is 5.78. The zero-order valence-corrected chi connectivity index (χ0v) is 21.4. The second-order valence-electron chi connectivity index (χ2n) is 10.3. The molecule has 2 aromatic carbocycles. The molecule has 0 radical (unpaired) electrons. The van der Waals surface area contributed by atoms with Gasteiger partial charge in [0.15, 0.2) is 5.76 Å². The molecule has 1 amide bonds. The number of allylic oxidation sites excluding steroid dienone is 1. The number of fused-ring (bicyclic) bond motifs is 1. The zero-order chi connectivity index (χ0) is 25.9. The SMILES string of the molecule is CC(C)[C@H]1C=C(C(=O)N2CCC(n3c(=O)[nH]c4ccccc43)CC2)O[C@@H](OCc2ccc(CO)cc2)C1. The van der Waals surface area contributed by atoms with Gasteiger partial charge in [0.2, 0.25) is 6.29 Å². The first-order valence-electron chi connectivity index (χ1n) is 13.1. The van der Waals surface area contributed by atoms with Crippen molar-refractivity contribution in [2.75, 3.05) is 13.1 Å². The highest BCUT2D eigenvalue weighted by Crippen LogP contribution is 2.31. The van der Waals surface area contributed by atoms with Gasteiger partial charge >= 0.3 is 5.69 Å². The maximum atomic E-state index is 13.5. The van der Waals surface area contributed by atoms with Crippen molar-refractivity contribution in [2.24, 2.45) is 11.8 Å². The molecule has 0 spiro atoms. The van der Waals surface area contributed by atoms with E-state index in [0.717, 1.165) is 22.2 Å². The lowest BCUT2D eigenvalue weighted by Crippen LogP contribution is -2.43. The number of nitrogens with zero attached hydrogens (tertiary/aromatic N) is 2. The first-order valence-corrected chi connectivity index (χ1v) is 13.1. The summed E-state index contributed by atoms with van der Waals surface area (Å²) < 4.78 is 14.0. The monoisotopic (exact) mass is 505 g/mol. The van der Waals surface area contributed by atoms with Gasteiger partial charge in [0, 0.05) is 25.6 Å². The summed E-state index contributed by atoms with van der Waals surface area (Å²) in [6, 6.07) is 15.4. The van der Waals surface area contributed by atoms with E-state index in [1.54, 1.807) is 0 Å². The van der Waals surface area contributed by atoms with E-state index < -0.39 is 6.29 Å². The number of hydrogen-bond donors (Lipinski definition) is 2. The molecule has 0 unspecified atom stereocenters. The molecule has 0 bridgehead atoms. The van der Waals surface area contributed by atoms with Crippen LogP contribution in [0.3, 0.4) is 0 Å². The van der Waals surface area contributed by atoms with Crippen molar-refractivity contribution in [2.45, 2.75) is 58.7 Å². The fourth-order valence-electron chi connectivity index (χ4n) is 5.25. The molecule has 8 nitrogen and oxygen atoms in total. The molecule has 0 aliphatic carbocycles. The number of nitrogens with one attached hydrogen (secondary N) is 1. The number of H-pyrrole nitrogens is 1. The minimum Gasteiger partial charge on any atom is -0.459 e. The third-order valence-corrected chi connectivity index (χ3v) is 7.54. The Morgan fingerprint density at radius 2 is 1.81 bits per heavy atom. The fraction of sp³-hybridized carbons (Fsp3) is 0.448. The van der Waals surface area contributed by atoms with Crippen LogP contribution in [0.15, 0.2) is 65.2 Å². The summed E-state index contributed by atoms with van der Waals surface area (Å²) in [7, 11) is 0. The number of aromatic nitrogens is 2. The minimum absolute atomic E-state index is 0.00890. The van der Waals surface area contributed by atoms with Gasteiger partial charge in [0.1, 0.15) is 0 Å². The molecule has 196 valence electrons. The smallest absolute Gasteiger partial charge is 0.326 e. The third kappa shape index (κ3) is 5.50. The Balaban J connectivity index is 1.23. The van der Waals surface area contributed by atoms with E-state index in [2.05, 4.69) is 18.8 Å². The van der Waals surface area contributed by atoms with Crippen LogP contribution in [0, 0.1) is 11.8 Å². The van der Waals surface area contributed by atoms with Crippen LogP contribution in [0.5, 0.6) is 0 Å². The van der Waals surface area contributed by atoms with E-state index in [1.165, 1.54) is 0 Å². The van der Waals surface area contributed by atoms with Crippen molar-refractivity contribution in [3.8, 4) is 0 Å². The van der Waals surface area contributed by atoms with E-state index >= 15 is 0 Å². The highest BCUT2D eigenvalue weighted by Gasteiger charge is 2.33. The number of amides is 1. The van der Waals surface area contributed by atoms with Crippen LogP contribution in [-0.2, 0) is 27.5 Å². The van der Waals surface area contributed by atoms with E-state index in [1.807, 2.05) is 64.1 Å². The van der Waals surface area contributed by atoms with Gasteiger partial charge in [-0.05, 0) is 54.0 Å². The topological polar surface area (TPSA) is 96.8 Å². The van der Waals surface area contributed by atoms with Crippen LogP contribution in [0.25, 0.3) is 11.0 Å². The van der Waals surface area contributed by atoms with Crippen LogP contribution in [0.2, 0.25) is 0 Å². The first kappa shape index (κ1) is 25.3. The van der Waals surface area contributed by atoms with Crippen molar-refractivity contribution >= 4 is 16.9 Å². The van der Waals surface area contributed by atoms with Crippen molar-refractivity contribution in [3.63, 3.8) is 0 Å². The Morgan fingerprint density at radius 3 is 2.51 bits per heavy atom. The Labute approximate surface area is 216 Å². The standard InChI is InChI=1S/C29H35N3O5/c1-19(2)22-15-26(37-27(16-22)36-18-21-9-7-20(17-33)8-10-21)28(34)31-13-11-23(12-14-31)32-25-6-4-3-5-24(25)30-29(32)35/h3-10,15,19,22-23,27,33H,11-14,16-18H2,1-2H3,(H,30,35)/t22-,27+/m0/s1. The van der Waals surface area contributed by atoms with Crippen LogP contribution in [0.4, 0.5) is 0 Å². The maximum absolute atomic E-state index is 13.5. The maximum Gasteiger partial charge on any atom is 0.326 e. The van der Waals surface area contributed by atoms with Gasteiger partial charge in [0.05, 0.1) is 24.2 Å². The molecule has 1 aromatic heterocycles. The minimum atomic E-state index is -0.504. The number of carbonyl (C=O) groups is 1. The lowest BCUT2D eigenvalue weighted by molar-refractivity contribution is -0.160. The lowest BCUT2D eigenvalue weighted by Gasteiger charge is -2.36. The van der Waals surface area contributed by atoms with Crippen molar-refractivity contribution < 1.29 is 19.4 Å². The molecular weight excluding hydrogens is 470 g/mol. The normalized spacial score (nSPS) is 20.8. The predicted molar refractivity (Wildman–Crippen MR) is 140 cm³/mol. The number of hydrogen-bond acceptors (Lipinski definition) is 5. The number of aromatic amines is 1. The van der Waals surface area contributed by atoms with Gasteiger partial charge in [-0.2, -0.15) is 0 Å². The van der Waals surface area contributed by atoms with E-state index in [4.69, 9.17) is 9.47 Å². The number of benzene rings is 2.